The lowest BCUT2D eigenvalue weighted by Gasteiger charge is -2.47. The molecule has 1 amide bonds. The number of amides is 1. The lowest BCUT2D eigenvalue weighted by atomic mass is 9.70. The quantitative estimate of drug-likeness (QED) is 0.377. The van der Waals surface area contributed by atoms with Gasteiger partial charge in [-0.15, -0.1) is 0 Å². The fourth-order valence-electron chi connectivity index (χ4n) is 3.47. The number of hydrogen-bond donors (Lipinski definition) is 5. The summed E-state index contributed by atoms with van der Waals surface area (Å²) in [6.07, 6.45) is -5.76. The SMILES string of the molecule is O=C1N[C@@H]2C(c3cc4c(cc31)OCO4)[C@@H](O)[C@H](O)[C@@H](O)[C@H]2O. The molecule has 2 aliphatic heterocycles. The van der Waals surface area contributed by atoms with Gasteiger partial charge in [-0.25, -0.2) is 0 Å². The maximum Gasteiger partial charge on any atom is 0.252 e. The average Bonchev–Trinajstić information content (AvgIpc) is 2.96. The third-order valence-corrected chi connectivity index (χ3v) is 4.62. The molecule has 0 radical (unpaired) electrons. The Morgan fingerprint density at radius 3 is 2.32 bits per heavy atom. The summed E-state index contributed by atoms with van der Waals surface area (Å²) < 4.78 is 10.5. The first-order valence-electron chi connectivity index (χ1n) is 6.95. The van der Waals surface area contributed by atoms with E-state index in [1.54, 1.807) is 6.07 Å². The number of fused-ring (bicyclic) bond motifs is 4. The van der Waals surface area contributed by atoms with E-state index in [-0.39, 0.29) is 6.79 Å². The van der Waals surface area contributed by atoms with E-state index in [4.69, 9.17) is 9.47 Å². The smallest absolute Gasteiger partial charge is 0.252 e. The van der Waals surface area contributed by atoms with Crippen molar-refractivity contribution in [1.29, 1.82) is 0 Å². The van der Waals surface area contributed by atoms with E-state index in [0.29, 0.717) is 22.6 Å². The summed E-state index contributed by atoms with van der Waals surface area (Å²) in [5, 5.41) is 42.7. The number of hydrogen-bond acceptors (Lipinski definition) is 7. The lowest BCUT2D eigenvalue weighted by Crippen LogP contribution is -2.66. The van der Waals surface area contributed by atoms with Crippen LogP contribution in [0.4, 0.5) is 0 Å². The van der Waals surface area contributed by atoms with Crippen LogP contribution in [0.25, 0.3) is 0 Å². The van der Waals surface area contributed by atoms with Crippen molar-refractivity contribution in [3.8, 4) is 11.5 Å². The molecule has 0 bridgehead atoms. The van der Waals surface area contributed by atoms with Gasteiger partial charge in [-0.1, -0.05) is 0 Å². The number of ether oxygens (including phenoxy) is 2. The molecule has 6 atom stereocenters. The number of carbonyl (C=O) groups is 1. The van der Waals surface area contributed by atoms with Gasteiger partial charge in [-0.2, -0.15) is 0 Å². The molecule has 118 valence electrons. The van der Waals surface area contributed by atoms with Gasteiger partial charge >= 0.3 is 0 Å². The largest absolute Gasteiger partial charge is 0.454 e. The molecule has 0 saturated heterocycles. The van der Waals surface area contributed by atoms with Crippen LogP contribution >= 0.6 is 0 Å². The van der Waals surface area contributed by atoms with E-state index in [2.05, 4.69) is 5.32 Å². The molecule has 1 aromatic rings. The highest BCUT2D eigenvalue weighted by Crippen LogP contribution is 2.44. The molecule has 1 fully saturated rings. The van der Waals surface area contributed by atoms with Crippen LogP contribution in [0.2, 0.25) is 0 Å². The minimum atomic E-state index is -1.54. The molecule has 8 heteroatoms. The second-order valence-electron chi connectivity index (χ2n) is 5.78. The molecule has 1 aliphatic carbocycles. The average molecular weight is 309 g/mol. The van der Waals surface area contributed by atoms with Crippen molar-refractivity contribution in [3.05, 3.63) is 23.3 Å². The summed E-state index contributed by atoms with van der Waals surface area (Å²) in [4.78, 5) is 12.2. The molecular formula is C14H15NO7. The summed E-state index contributed by atoms with van der Waals surface area (Å²) in [6.45, 7) is 0.0421. The first-order valence-corrected chi connectivity index (χ1v) is 6.95. The van der Waals surface area contributed by atoms with Crippen molar-refractivity contribution in [2.45, 2.75) is 36.4 Å². The zero-order valence-electron chi connectivity index (χ0n) is 11.3. The van der Waals surface area contributed by atoms with E-state index >= 15 is 0 Å². The molecule has 2 heterocycles. The van der Waals surface area contributed by atoms with E-state index in [1.165, 1.54) is 6.07 Å². The van der Waals surface area contributed by atoms with Crippen molar-refractivity contribution < 1.29 is 34.7 Å². The van der Waals surface area contributed by atoms with E-state index < -0.39 is 42.3 Å². The Bertz CT molecular complexity index is 648. The Kier molecular flexibility index (Phi) is 2.85. The Morgan fingerprint density at radius 1 is 0.955 bits per heavy atom. The van der Waals surface area contributed by atoms with Gasteiger partial charge < -0.3 is 35.2 Å². The lowest BCUT2D eigenvalue weighted by molar-refractivity contribution is -0.155. The Morgan fingerprint density at radius 2 is 1.59 bits per heavy atom. The van der Waals surface area contributed by atoms with Crippen LogP contribution in [-0.4, -0.2) is 63.6 Å². The van der Waals surface area contributed by atoms with Gasteiger partial charge in [0.05, 0.1) is 12.1 Å². The monoisotopic (exact) mass is 309 g/mol. The van der Waals surface area contributed by atoms with E-state index in [9.17, 15) is 25.2 Å². The second kappa shape index (κ2) is 4.56. The van der Waals surface area contributed by atoms with Crippen molar-refractivity contribution >= 4 is 5.91 Å². The van der Waals surface area contributed by atoms with Crippen LogP contribution < -0.4 is 14.8 Å². The molecule has 0 aromatic heterocycles. The minimum Gasteiger partial charge on any atom is -0.454 e. The maximum atomic E-state index is 12.2. The number of aliphatic hydroxyl groups is 4. The van der Waals surface area contributed by atoms with Gasteiger partial charge in [-0.3, -0.25) is 4.79 Å². The highest BCUT2D eigenvalue weighted by molar-refractivity contribution is 5.98. The van der Waals surface area contributed by atoms with Crippen molar-refractivity contribution in [2.24, 2.45) is 0 Å². The second-order valence-corrected chi connectivity index (χ2v) is 5.78. The topological polar surface area (TPSA) is 128 Å². The highest BCUT2D eigenvalue weighted by Gasteiger charge is 2.52. The zero-order valence-corrected chi connectivity index (χ0v) is 11.3. The summed E-state index contributed by atoms with van der Waals surface area (Å²) in [6, 6.07) is 2.20. The Hall–Kier alpha value is -1.87. The molecule has 3 aliphatic rings. The number of nitrogens with one attached hydrogen (secondary N) is 1. The van der Waals surface area contributed by atoms with Crippen LogP contribution in [0.5, 0.6) is 11.5 Å². The molecule has 1 unspecified atom stereocenters. The van der Waals surface area contributed by atoms with Crippen LogP contribution in [0.15, 0.2) is 12.1 Å². The summed E-state index contributed by atoms with van der Waals surface area (Å²) in [5.41, 5.74) is 0.746. The number of aliphatic hydroxyl groups excluding tert-OH is 4. The first kappa shape index (κ1) is 13.8. The first-order chi connectivity index (χ1) is 10.5. The molecule has 8 nitrogen and oxygen atoms in total. The third-order valence-electron chi connectivity index (χ3n) is 4.62. The van der Waals surface area contributed by atoms with Crippen LogP contribution in [0, 0.1) is 0 Å². The fourth-order valence-corrected chi connectivity index (χ4v) is 3.47. The van der Waals surface area contributed by atoms with Crippen LogP contribution in [0.3, 0.4) is 0 Å². The summed E-state index contributed by atoms with van der Waals surface area (Å²) in [7, 11) is 0. The van der Waals surface area contributed by atoms with Gasteiger partial charge in [-0.05, 0) is 17.7 Å². The minimum absolute atomic E-state index is 0.0421. The summed E-state index contributed by atoms with van der Waals surface area (Å²) >= 11 is 0. The van der Waals surface area contributed by atoms with Crippen molar-refractivity contribution in [3.63, 3.8) is 0 Å². The number of benzene rings is 1. The van der Waals surface area contributed by atoms with E-state index in [1.807, 2.05) is 0 Å². The fraction of sp³-hybridized carbons (Fsp3) is 0.500. The predicted molar refractivity (Wildman–Crippen MR) is 70.6 cm³/mol. The molecule has 4 rings (SSSR count). The maximum absolute atomic E-state index is 12.2. The standard InChI is InChI=1S/C14H15NO7/c16-10-8-4-1-6-7(22-3-21-6)2-5(4)14(20)15-9(8)11(17)13(19)12(10)18/h1-2,8-13,16-19H,3H2,(H,15,20)/t8?,9-,10-,11+,12+,13+/m1/s1. The molecule has 1 aromatic carbocycles. The molecule has 0 spiro atoms. The number of rotatable bonds is 0. The Labute approximate surface area is 124 Å². The Balaban J connectivity index is 1.86. The van der Waals surface area contributed by atoms with Gasteiger partial charge in [0.25, 0.3) is 5.91 Å². The summed E-state index contributed by atoms with van der Waals surface area (Å²) in [5.74, 6) is -0.326. The van der Waals surface area contributed by atoms with Crippen LogP contribution in [0.1, 0.15) is 21.8 Å². The molecule has 22 heavy (non-hydrogen) atoms. The van der Waals surface area contributed by atoms with Gasteiger partial charge in [0.15, 0.2) is 11.5 Å². The molecule has 5 N–H and O–H groups in total. The van der Waals surface area contributed by atoms with Crippen molar-refractivity contribution in [2.75, 3.05) is 6.79 Å². The van der Waals surface area contributed by atoms with Gasteiger partial charge in [0, 0.05) is 11.5 Å². The van der Waals surface area contributed by atoms with E-state index in [0.717, 1.165) is 0 Å². The third kappa shape index (κ3) is 1.69. The van der Waals surface area contributed by atoms with Crippen LogP contribution in [-0.2, 0) is 0 Å². The molecular weight excluding hydrogens is 294 g/mol. The van der Waals surface area contributed by atoms with Gasteiger partial charge in [0.2, 0.25) is 6.79 Å². The highest BCUT2D eigenvalue weighted by atomic mass is 16.7. The molecule has 1 saturated carbocycles. The van der Waals surface area contributed by atoms with Gasteiger partial charge in [0.1, 0.15) is 18.3 Å². The number of carbonyl (C=O) groups excluding carboxylic acids is 1. The zero-order chi connectivity index (χ0) is 15.6. The van der Waals surface area contributed by atoms with Crippen molar-refractivity contribution in [1.82, 2.24) is 5.32 Å². The normalized spacial score (nSPS) is 39.0. The predicted octanol–water partition coefficient (Wildman–Crippen LogP) is -1.93.